The fourth-order valence-corrected chi connectivity index (χ4v) is 3.02. The summed E-state index contributed by atoms with van der Waals surface area (Å²) in [5.74, 6) is 0. The van der Waals surface area contributed by atoms with Crippen molar-refractivity contribution in [2.75, 3.05) is 5.73 Å². The van der Waals surface area contributed by atoms with Crippen LogP contribution in [0.25, 0.3) is 0 Å². The van der Waals surface area contributed by atoms with E-state index in [9.17, 15) is 10.1 Å². The predicted molar refractivity (Wildman–Crippen MR) is 69.0 cm³/mol. The molecule has 0 fully saturated rings. The van der Waals surface area contributed by atoms with Gasteiger partial charge >= 0.3 is 105 Å². The first-order valence-electron chi connectivity index (χ1n) is 4.93. The van der Waals surface area contributed by atoms with Crippen molar-refractivity contribution in [3.63, 3.8) is 0 Å². The van der Waals surface area contributed by atoms with E-state index < -0.39 is 0 Å². The van der Waals surface area contributed by atoms with E-state index in [0.717, 1.165) is 10.1 Å². The van der Waals surface area contributed by atoms with Crippen LogP contribution in [0.5, 0.6) is 0 Å². The second kappa shape index (κ2) is 4.99. The first-order chi connectivity index (χ1) is 8.15. The van der Waals surface area contributed by atoms with Crippen LogP contribution in [0.2, 0.25) is 0 Å². The molecule has 4 nitrogen and oxygen atoms in total. The average Bonchev–Trinajstić information content (AvgIpc) is 2.33. The SMILES string of the molecule is Nc1ccc([Se]c2ccc([N+](=O)[O-])cc2)cc1. The standard InChI is InChI=1S/C12H10N2O2Se/c13-9-1-5-11(6-2-9)17-12-7-3-10(4-8-12)14(15)16/h1-8H,13H2. The van der Waals surface area contributed by atoms with Crippen LogP contribution in [0.1, 0.15) is 0 Å². The Morgan fingerprint density at radius 2 is 1.41 bits per heavy atom. The van der Waals surface area contributed by atoms with Gasteiger partial charge in [0.2, 0.25) is 0 Å². The number of non-ortho nitro benzene ring substituents is 1. The predicted octanol–water partition coefficient (Wildman–Crippen LogP) is 0.832. The Hall–Kier alpha value is -1.84. The molecule has 0 bridgehead atoms. The Morgan fingerprint density at radius 1 is 0.941 bits per heavy atom. The number of hydrogen-bond acceptors (Lipinski definition) is 3. The zero-order valence-corrected chi connectivity index (χ0v) is 10.6. The molecule has 0 heterocycles. The third-order valence-electron chi connectivity index (χ3n) is 2.16. The third kappa shape index (κ3) is 3.06. The minimum atomic E-state index is -0.389. The van der Waals surface area contributed by atoms with Gasteiger partial charge in [0, 0.05) is 0 Å². The molecule has 0 saturated carbocycles. The fraction of sp³-hybridized carbons (Fsp3) is 0. The van der Waals surface area contributed by atoms with Crippen molar-refractivity contribution in [3.8, 4) is 0 Å². The van der Waals surface area contributed by atoms with E-state index in [2.05, 4.69) is 0 Å². The molecule has 2 N–H and O–H groups in total. The summed E-state index contributed by atoms with van der Waals surface area (Å²) < 4.78 is 2.30. The molecule has 17 heavy (non-hydrogen) atoms. The average molecular weight is 293 g/mol. The van der Waals surface area contributed by atoms with Crippen molar-refractivity contribution in [2.45, 2.75) is 0 Å². The van der Waals surface area contributed by atoms with Crippen LogP contribution in [0, 0.1) is 10.1 Å². The summed E-state index contributed by atoms with van der Waals surface area (Å²) in [6.45, 7) is 0. The van der Waals surface area contributed by atoms with Gasteiger partial charge in [-0.25, -0.2) is 0 Å². The molecule has 0 saturated heterocycles. The van der Waals surface area contributed by atoms with Gasteiger partial charge < -0.3 is 0 Å². The van der Waals surface area contributed by atoms with Crippen LogP contribution in [-0.4, -0.2) is 19.9 Å². The van der Waals surface area contributed by atoms with Crippen molar-refractivity contribution in [3.05, 3.63) is 58.6 Å². The molecule has 0 spiro atoms. The monoisotopic (exact) mass is 294 g/mol. The van der Waals surface area contributed by atoms with Gasteiger partial charge in [-0.05, 0) is 0 Å². The Kier molecular flexibility index (Phi) is 3.42. The number of anilines is 1. The van der Waals surface area contributed by atoms with Gasteiger partial charge in [0.05, 0.1) is 0 Å². The van der Waals surface area contributed by atoms with Gasteiger partial charge in [-0.1, -0.05) is 0 Å². The molecule has 5 heteroatoms. The second-order valence-electron chi connectivity index (χ2n) is 3.42. The number of nitrogens with zero attached hydrogens (tertiary/aromatic N) is 1. The van der Waals surface area contributed by atoms with E-state index in [-0.39, 0.29) is 25.6 Å². The summed E-state index contributed by atoms with van der Waals surface area (Å²) in [7, 11) is 0. The van der Waals surface area contributed by atoms with E-state index in [4.69, 9.17) is 5.73 Å². The van der Waals surface area contributed by atoms with Crippen LogP contribution in [0.3, 0.4) is 0 Å². The number of nitrogens with two attached hydrogens (primary N) is 1. The van der Waals surface area contributed by atoms with Gasteiger partial charge in [-0.3, -0.25) is 0 Å². The molecule has 0 radical (unpaired) electrons. The molecular formula is C12H10N2O2Se. The summed E-state index contributed by atoms with van der Waals surface area (Å²) >= 11 is 0.156. The Bertz CT molecular complexity index is 523. The molecule has 0 unspecified atom stereocenters. The topological polar surface area (TPSA) is 69.2 Å². The van der Waals surface area contributed by atoms with Crippen molar-refractivity contribution in [1.82, 2.24) is 0 Å². The van der Waals surface area contributed by atoms with Crippen LogP contribution >= 0.6 is 0 Å². The van der Waals surface area contributed by atoms with Gasteiger partial charge in [0.15, 0.2) is 0 Å². The number of rotatable bonds is 3. The summed E-state index contributed by atoms with van der Waals surface area (Å²) in [6.07, 6.45) is 0. The number of nitrogen functional groups attached to an aromatic ring is 1. The Labute approximate surface area is 105 Å². The molecular weight excluding hydrogens is 283 g/mol. The minimum absolute atomic E-state index is 0.127. The maximum absolute atomic E-state index is 10.5. The summed E-state index contributed by atoms with van der Waals surface area (Å²) in [5.41, 5.74) is 6.48. The van der Waals surface area contributed by atoms with Crippen LogP contribution in [0.4, 0.5) is 11.4 Å². The summed E-state index contributed by atoms with van der Waals surface area (Å²) in [4.78, 5) is 10.1. The number of nitro benzene ring substituents is 1. The number of benzene rings is 2. The van der Waals surface area contributed by atoms with Crippen molar-refractivity contribution in [2.24, 2.45) is 0 Å². The third-order valence-corrected chi connectivity index (χ3v) is 4.29. The molecule has 0 aliphatic rings. The first kappa shape index (κ1) is 11.6. The van der Waals surface area contributed by atoms with Crippen molar-refractivity contribution >= 4 is 35.3 Å². The van der Waals surface area contributed by atoms with E-state index in [1.807, 2.05) is 24.3 Å². The van der Waals surface area contributed by atoms with E-state index in [0.29, 0.717) is 0 Å². The van der Waals surface area contributed by atoms with E-state index in [1.54, 1.807) is 12.1 Å². The molecule has 2 aromatic carbocycles. The quantitative estimate of drug-likeness (QED) is 0.394. The molecule has 2 aromatic rings. The summed E-state index contributed by atoms with van der Waals surface area (Å²) in [5, 5.41) is 10.5. The molecule has 0 aliphatic heterocycles. The molecule has 0 atom stereocenters. The number of hydrogen-bond donors (Lipinski definition) is 1. The first-order valence-corrected chi connectivity index (χ1v) is 6.64. The van der Waals surface area contributed by atoms with Crippen LogP contribution in [-0.2, 0) is 0 Å². The van der Waals surface area contributed by atoms with Gasteiger partial charge in [0.1, 0.15) is 0 Å². The van der Waals surface area contributed by atoms with Gasteiger partial charge in [-0.2, -0.15) is 0 Å². The molecule has 0 aromatic heterocycles. The Morgan fingerprint density at radius 3 is 1.88 bits per heavy atom. The maximum atomic E-state index is 10.5. The van der Waals surface area contributed by atoms with Crippen molar-refractivity contribution < 1.29 is 4.92 Å². The Balaban J connectivity index is 2.13. The zero-order chi connectivity index (χ0) is 12.3. The number of nitro groups is 1. The normalized spacial score (nSPS) is 10.1. The molecule has 86 valence electrons. The van der Waals surface area contributed by atoms with E-state index >= 15 is 0 Å². The van der Waals surface area contributed by atoms with Gasteiger partial charge in [0.25, 0.3) is 0 Å². The fourth-order valence-electron chi connectivity index (χ4n) is 1.31. The molecule has 2 rings (SSSR count). The van der Waals surface area contributed by atoms with E-state index in [1.165, 1.54) is 16.6 Å². The molecule has 0 aliphatic carbocycles. The summed E-state index contributed by atoms with van der Waals surface area (Å²) in [6, 6.07) is 14.4. The van der Waals surface area contributed by atoms with Crippen molar-refractivity contribution in [1.29, 1.82) is 0 Å². The van der Waals surface area contributed by atoms with Crippen LogP contribution in [0.15, 0.2) is 48.5 Å². The van der Waals surface area contributed by atoms with Gasteiger partial charge in [-0.15, -0.1) is 0 Å². The van der Waals surface area contributed by atoms with Crippen LogP contribution < -0.4 is 14.7 Å². The zero-order valence-electron chi connectivity index (χ0n) is 8.87. The second-order valence-corrected chi connectivity index (χ2v) is 5.83. The molecule has 0 amide bonds.